The van der Waals surface area contributed by atoms with Crippen molar-refractivity contribution in [2.24, 2.45) is 11.7 Å². The van der Waals surface area contributed by atoms with Crippen LogP contribution in [0.4, 0.5) is 0 Å². The molecule has 0 aromatic carbocycles. The van der Waals surface area contributed by atoms with Crippen LogP contribution in [0, 0.1) is 5.92 Å². The van der Waals surface area contributed by atoms with Crippen LogP contribution in [0.3, 0.4) is 0 Å². The Morgan fingerprint density at radius 3 is 2.47 bits per heavy atom. The third-order valence-electron chi connectivity index (χ3n) is 2.88. The largest absolute Gasteiger partial charge is 0.340 e. The number of carbonyl (C=O) groups excluding carboxylic acids is 1. The van der Waals surface area contributed by atoms with Gasteiger partial charge in [0, 0.05) is 25.8 Å². The second-order valence-electron chi connectivity index (χ2n) is 4.64. The average Bonchev–Trinajstić information content (AvgIpc) is 2.35. The number of pyridine rings is 1. The van der Waals surface area contributed by atoms with Gasteiger partial charge in [0.25, 0.3) is 5.91 Å². The first-order chi connectivity index (χ1) is 8.02. The van der Waals surface area contributed by atoms with Crippen molar-refractivity contribution in [1.29, 1.82) is 0 Å². The van der Waals surface area contributed by atoms with Crippen molar-refractivity contribution < 1.29 is 4.79 Å². The second-order valence-corrected chi connectivity index (χ2v) is 4.64. The summed E-state index contributed by atoms with van der Waals surface area (Å²) in [5.74, 6) is 0.384. The van der Waals surface area contributed by atoms with Crippen LogP contribution in [0.25, 0.3) is 0 Å². The number of carbonyl (C=O) groups is 1. The average molecular weight is 308 g/mol. The molecule has 6 heteroatoms. The molecule has 0 bridgehead atoms. The molecule has 1 atom stereocenters. The molecule has 110 valence electrons. The summed E-state index contributed by atoms with van der Waals surface area (Å²) in [6.45, 7) is 4.84. The smallest absolute Gasteiger partial charge is 0.272 e. The summed E-state index contributed by atoms with van der Waals surface area (Å²) < 4.78 is 0. The van der Waals surface area contributed by atoms with Crippen LogP contribution in [0.15, 0.2) is 24.4 Å². The first-order valence-corrected chi connectivity index (χ1v) is 5.94. The number of aromatic nitrogens is 1. The predicted octanol–water partition coefficient (Wildman–Crippen LogP) is 2.37. The van der Waals surface area contributed by atoms with Gasteiger partial charge in [-0.1, -0.05) is 19.9 Å². The van der Waals surface area contributed by atoms with E-state index in [2.05, 4.69) is 18.8 Å². The monoisotopic (exact) mass is 307 g/mol. The minimum absolute atomic E-state index is 0. The fraction of sp³-hybridized carbons (Fsp3) is 0.538. The van der Waals surface area contributed by atoms with Crippen molar-refractivity contribution in [3.63, 3.8) is 0 Å². The minimum Gasteiger partial charge on any atom is -0.340 e. The van der Waals surface area contributed by atoms with Crippen LogP contribution in [0.1, 0.15) is 30.8 Å². The van der Waals surface area contributed by atoms with Crippen LogP contribution in [-0.4, -0.2) is 35.4 Å². The Hall–Kier alpha value is -0.840. The van der Waals surface area contributed by atoms with Gasteiger partial charge in [0.05, 0.1) is 0 Å². The summed E-state index contributed by atoms with van der Waals surface area (Å²) in [5, 5.41) is 0. The molecule has 0 aliphatic heterocycles. The van der Waals surface area contributed by atoms with E-state index in [1.165, 1.54) is 0 Å². The van der Waals surface area contributed by atoms with E-state index < -0.39 is 0 Å². The van der Waals surface area contributed by atoms with Gasteiger partial charge < -0.3 is 10.6 Å². The summed E-state index contributed by atoms with van der Waals surface area (Å²) in [5.41, 5.74) is 6.43. The van der Waals surface area contributed by atoms with Crippen LogP contribution in [0.2, 0.25) is 0 Å². The van der Waals surface area contributed by atoms with E-state index in [-0.39, 0.29) is 36.8 Å². The lowest BCUT2D eigenvalue weighted by Crippen LogP contribution is -2.34. The Bertz CT molecular complexity index is 360. The van der Waals surface area contributed by atoms with E-state index >= 15 is 0 Å². The third-order valence-corrected chi connectivity index (χ3v) is 2.88. The molecule has 2 N–H and O–H groups in total. The molecule has 1 rings (SSSR count). The molecule has 0 spiro atoms. The number of halogens is 2. The van der Waals surface area contributed by atoms with Crippen molar-refractivity contribution in [2.45, 2.75) is 26.3 Å². The lowest BCUT2D eigenvalue weighted by atomic mass is 10.0. The highest BCUT2D eigenvalue weighted by Gasteiger charge is 2.14. The molecule has 0 radical (unpaired) electrons. The van der Waals surface area contributed by atoms with Crippen molar-refractivity contribution in [2.75, 3.05) is 13.6 Å². The zero-order valence-electron chi connectivity index (χ0n) is 11.6. The number of nitrogens with zero attached hydrogens (tertiary/aromatic N) is 2. The van der Waals surface area contributed by atoms with Crippen LogP contribution >= 0.6 is 24.8 Å². The molecule has 1 amide bonds. The molecule has 1 heterocycles. The number of hydrogen-bond acceptors (Lipinski definition) is 3. The molecule has 0 saturated carbocycles. The van der Waals surface area contributed by atoms with E-state index in [0.29, 0.717) is 18.2 Å². The molecule has 0 aliphatic carbocycles. The molecule has 0 saturated heterocycles. The third kappa shape index (κ3) is 6.76. The number of hydrogen-bond donors (Lipinski definition) is 1. The maximum absolute atomic E-state index is 11.9. The Labute approximate surface area is 127 Å². The minimum atomic E-state index is -0.0541. The standard InChI is InChI=1S/C13H21N3O.2ClH/c1-10(2)11(14)7-9-16(3)13(17)12-6-4-5-8-15-12;;/h4-6,8,10-11H,7,9,14H2,1-3H3;2*1H. The number of amides is 1. The lowest BCUT2D eigenvalue weighted by molar-refractivity contribution is 0.0783. The van der Waals surface area contributed by atoms with Crippen molar-refractivity contribution in [1.82, 2.24) is 9.88 Å². The summed E-state index contributed by atoms with van der Waals surface area (Å²) in [6, 6.07) is 5.47. The number of nitrogens with two attached hydrogens (primary N) is 1. The first kappa shape index (κ1) is 20.5. The maximum atomic E-state index is 11.9. The normalized spacial score (nSPS) is 11.2. The van der Waals surface area contributed by atoms with E-state index in [4.69, 9.17) is 5.73 Å². The molecule has 1 unspecified atom stereocenters. The fourth-order valence-electron chi connectivity index (χ4n) is 1.46. The van der Waals surface area contributed by atoms with E-state index in [0.717, 1.165) is 6.42 Å². The predicted molar refractivity (Wildman–Crippen MR) is 83.1 cm³/mol. The van der Waals surface area contributed by atoms with Crippen molar-refractivity contribution in [3.05, 3.63) is 30.1 Å². The van der Waals surface area contributed by atoms with Gasteiger partial charge >= 0.3 is 0 Å². The Morgan fingerprint density at radius 2 is 2.00 bits per heavy atom. The summed E-state index contributed by atoms with van der Waals surface area (Å²) in [6.07, 6.45) is 2.44. The van der Waals surface area contributed by atoms with Gasteiger partial charge in [-0.05, 0) is 24.5 Å². The van der Waals surface area contributed by atoms with Gasteiger partial charge in [-0.3, -0.25) is 9.78 Å². The molecule has 19 heavy (non-hydrogen) atoms. The highest BCUT2D eigenvalue weighted by Crippen LogP contribution is 2.05. The van der Waals surface area contributed by atoms with E-state index in [1.807, 2.05) is 6.07 Å². The summed E-state index contributed by atoms with van der Waals surface area (Å²) in [7, 11) is 1.78. The van der Waals surface area contributed by atoms with Gasteiger partial charge in [0.15, 0.2) is 0 Å². The topological polar surface area (TPSA) is 59.2 Å². The molecule has 1 aromatic rings. The molecular weight excluding hydrogens is 285 g/mol. The first-order valence-electron chi connectivity index (χ1n) is 5.94. The summed E-state index contributed by atoms with van der Waals surface area (Å²) >= 11 is 0. The van der Waals surface area contributed by atoms with Crippen molar-refractivity contribution in [3.8, 4) is 0 Å². The quantitative estimate of drug-likeness (QED) is 0.908. The highest BCUT2D eigenvalue weighted by atomic mass is 35.5. The zero-order chi connectivity index (χ0) is 12.8. The van der Waals surface area contributed by atoms with E-state index in [9.17, 15) is 4.79 Å². The van der Waals surface area contributed by atoms with E-state index in [1.54, 1.807) is 30.3 Å². The van der Waals surface area contributed by atoms with Gasteiger partial charge in [-0.2, -0.15) is 0 Å². The van der Waals surface area contributed by atoms with Crippen LogP contribution < -0.4 is 5.73 Å². The Morgan fingerprint density at radius 1 is 1.37 bits per heavy atom. The molecule has 0 aliphatic rings. The van der Waals surface area contributed by atoms with Gasteiger partial charge in [-0.25, -0.2) is 0 Å². The second kappa shape index (κ2) is 10.0. The molecule has 1 aromatic heterocycles. The lowest BCUT2D eigenvalue weighted by Gasteiger charge is -2.21. The summed E-state index contributed by atoms with van der Waals surface area (Å²) in [4.78, 5) is 17.7. The molecule has 0 fully saturated rings. The SMILES string of the molecule is CC(C)C(N)CCN(C)C(=O)c1ccccn1.Cl.Cl. The van der Waals surface area contributed by atoms with Gasteiger partial charge in [0.1, 0.15) is 5.69 Å². The Balaban J connectivity index is 0. The highest BCUT2D eigenvalue weighted by molar-refractivity contribution is 5.92. The number of rotatable bonds is 5. The Kier molecular flexibility index (Phi) is 10.8. The molecular formula is C13H23Cl2N3O. The zero-order valence-corrected chi connectivity index (χ0v) is 13.2. The van der Waals surface area contributed by atoms with Gasteiger partial charge in [0.2, 0.25) is 0 Å². The van der Waals surface area contributed by atoms with Crippen LogP contribution in [-0.2, 0) is 0 Å². The fourth-order valence-corrected chi connectivity index (χ4v) is 1.46. The van der Waals surface area contributed by atoms with Crippen LogP contribution in [0.5, 0.6) is 0 Å². The van der Waals surface area contributed by atoms with Crippen molar-refractivity contribution >= 4 is 30.7 Å². The molecule has 4 nitrogen and oxygen atoms in total. The maximum Gasteiger partial charge on any atom is 0.272 e. The van der Waals surface area contributed by atoms with Gasteiger partial charge in [-0.15, -0.1) is 24.8 Å².